The van der Waals surface area contributed by atoms with E-state index in [0.29, 0.717) is 23.1 Å². The summed E-state index contributed by atoms with van der Waals surface area (Å²) < 4.78 is 0. The van der Waals surface area contributed by atoms with Gasteiger partial charge in [-0.05, 0) is 33.1 Å². The van der Waals surface area contributed by atoms with Gasteiger partial charge in [-0.2, -0.15) is 0 Å². The summed E-state index contributed by atoms with van der Waals surface area (Å²) in [5.74, 6) is 0.341. The minimum atomic E-state index is -0.469. The second kappa shape index (κ2) is 5.81. The number of nitrogens with two attached hydrogens (primary N) is 1. The minimum Gasteiger partial charge on any atom is -0.391 e. The molecule has 1 aliphatic rings. The monoisotopic (exact) mass is 312 g/mol. The number of hydrogen-bond donors (Lipinski definition) is 3. The zero-order valence-corrected chi connectivity index (χ0v) is 13.8. The summed E-state index contributed by atoms with van der Waals surface area (Å²) in [5, 5.41) is 13.8. The standard InChI is InChI=1S/C14H24N4O2S/c1-8-5-6-18(7-9(8)19)12(20)10-11(15)16-13(21-10)17-14(2,3)4/h8-9,19H,5-7,15H2,1-4H3,(H,16,17). The summed E-state index contributed by atoms with van der Waals surface area (Å²) >= 11 is 1.27. The van der Waals surface area contributed by atoms with E-state index in [2.05, 4.69) is 10.3 Å². The molecule has 2 heterocycles. The molecule has 1 aromatic rings. The first-order chi connectivity index (χ1) is 9.67. The van der Waals surface area contributed by atoms with Crippen LogP contribution < -0.4 is 11.1 Å². The van der Waals surface area contributed by atoms with E-state index in [-0.39, 0.29) is 23.2 Å². The van der Waals surface area contributed by atoms with Gasteiger partial charge in [-0.1, -0.05) is 18.3 Å². The number of anilines is 2. The number of nitrogens with zero attached hydrogens (tertiary/aromatic N) is 2. The molecule has 0 aromatic carbocycles. The number of thiazole rings is 1. The van der Waals surface area contributed by atoms with Crippen LogP contribution in [0.15, 0.2) is 0 Å². The van der Waals surface area contributed by atoms with Crippen molar-refractivity contribution in [3.8, 4) is 0 Å². The van der Waals surface area contributed by atoms with Crippen molar-refractivity contribution in [3.63, 3.8) is 0 Å². The molecule has 2 unspecified atom stereocenters. The zero-order valence-electron chi connectivity index (χ0n) is 13.0. The summed E-state index contributed by atoms with van der Waals surface area (Å²) in [4.78, 5) is 18.9. The zero-order chi connectivity index (χ0) is 15.8. The number of aliphatic hydroxyl groups is 1. The molecule has 1 saturated heterocycles. The SMILES string of the molecule is CC1CCN(C(=O)c2sc(NC(C)(C)C)nc2N)CC1O. The topological polar surface area (TPSA) is 91.5 Å². The van der Waals surface area contributed by atoms with Crippen LogP contribution in [-0.2, 0) is 0 Å². The Morgan fingerprint density at radius 3 is 2.76 bits per heavy atom. The molecule has 1 aliphatic heterocycles. The van der Waals surface area contributed by atoms with Crippen molar-refractivity contribution in [2.45, 2.75) is 45.8 Å². The molecule has 2 rings (SSSR count). The number of piperidine rings is 1. The molecule has 0 aliphatic carbocycles. The molecule has 7 heteroatoms. The Hall–Kier alpha value is -1.34. The fraction of sp³-hybridized carbons (Fsp3) is 0.714. The van der Waals surface area contributed by atoms with Crippen molar-refractivity contribution in [1.82, 2.24) is 9.88 Å². The number of likely N-dealkylation sites (tertiary alicyclic amines) is 1. The molecule has 0 spiro atoms. The van der Waals surface area contributed by atoms with Gasteiger partial charge in [-0.3, -0.25) is 4.79 Å². The number of nitrogen functional groups attached to an aromatic ring is 1. The van der Waals surface area contributed by atoms with Crippen LogP contribution in [0.1, 0.15) is 43.8 Å². The highest BCUT2D eigenvalue weighted by molar-refractivity contribution is 7.18. The number of carbonyl (C=O) groups is 1. The molecule has 1 fully saturated rings. The van der Waals surface area contributed by atoms with E-state index in [0.717, 1.165) is 6.42 Å². The third-order valence-corrected chi connectivity index (χ3v) is 4.51. The van der Waals surface area contributed by atoms with E-state index in [4.69, 9.17) is 5.73 Å². The maximum absolute atomic E-state index is 12.5. The summed E-state index contributed by atoms with van der Waals surface area (Å²) in [6.45, 7) is 9.08. The number of aliphatic hydroxyl groups excluding tert-OH is 1. The molecule has 1 amide bonds. The quantitative estimate of drug-likeness (QED) is 0.774. The molecular formula is C14H24N4O2S. The maximum Gasteiger partial charge on any atom is 0.267 e. The number of hydrogen-bond acceptors (Lipinski definition) is 6. The number of aromatic nitrogens is 1. The van der Waals surface area contributed by atoms with Gasteiger partial charge in [0.05, 0.1) is 6.10 Å². The Kier molecular flexibility index (Phi) is 4.43. The highest BCUT2D eigenvalue weighted by atomic mass is 32.1. The summed E-state index contributed by atoms with van der Waals surface area (Å²) in [6.07, 6.45) is 0.336. The Balaban J connectivity index is 2.13. The van der Waals surface area contributed by atoms with E-state index in [1.165, 1.54) is 11.3 Å². The van der Waals surface area contributed by atoms with Crippen LogP contribution in [0.25, 0.3) is 0 Å². The van der Waals surface area contributed by atoms with Crippen LogP contribution >= 0.6 is 11.3 Å². The van der Waals surface area contributed by atoms with E-state index < -0.39 is 6.10 Å². The third kappa shape index (κ3) is 3.85. The van der Waals surface area contributed by atoms with Crippen molar-refractivity contribution in [2.24, 2.45) is 5.92 Å². The lowest BCUT2D eigenvalue weighted by Gasteiger charge is -2.34. The number of carbonyl (C=O) groups excluding carboxylic acids is 1. The Bertz CT molecular complexity index is 524. The normalized spacial score (nSPS) is 23.2. The highest BCUT2D eigenvalue weighted by Crippen LogP contribution is 2.29. The molecule has 0 bridgehead atoms. The van der Waals surface area contributed by atoms with Gasteiger partial charge in [0, 0.05) is 18.6 Å². The van der Waals surface area contributed by atoms with Gasteiger partial charge in [-0.25, -0.2) is 4.98 Å². The van der Waals surface area contributed by atoms with E-state index in [1.54, 1.807) is 4.90 Å². The van der Waals surface area contributed by atoms with Gasteiger partial charge < -0.3 is 21.1 Å². The lowest BCUT2D eigenvalue weighted by molar-refractivity contribution is 0.0252. The van der Waals surface area contributed by atoms with E-state index in [1.807, 2.05) is 27.7 Å². The van der Waals surface area contributed by atoms with Gasteiger partial charge in [-0.15, -0.1) is 0 Å². The molecule has 4 N–H and O–H groups in total. The summed E-state index contributed by atoms with van der Waals surface area (Å²) in [6, 6.07) is 0. The van der Waals surface area contributed by atoms with Crippen LogP contribution in [-0.4, -0.2) is 45.6 Å². The largest absolute Gasteiger partial charge is 0.391 e. The first kappa shape index (κ1) is 16.0. The lowest BCUT2D eigenvalue weighted by Crippen LogP contribution is -2.45. The summed E-state index contributed by atoms with van der Waals surface area (Å²) in [5.41, 5.74) is 5.74. The molecule has 6 nitrogen and oxygen atoms in total. The smallest absolute Gasteiger partial charge is 0.267 e. The van der Waals surface area contributed by atoms with Crippen molar-refractivity contribution >= 4 is 28.2 Å². The molecule has 21 heavy (non-hydrogen) atoms. The van der Waals surface area contributed by atoms with Gasteiger partial charge in [0.2, 0.25) is 0 Å². The Labute approximate surface area is 129 Å². The van der Waals surface area contributed by atoms with Gasteiger partial charge in [0.25, 0.3) is 5.91 Å². The molecule has 1 aromatic heterocycles. The Morgan fingerprint density at radius 1 is 1.52 bits per heavy atom. The molecule has 0 saturated carbocycles. The van der Waals surface area contributed by atoms with Crippen LogP contribution in [0.4, 0.5) is 10.9 Å². The fourth-order valence-electron chi connectivity index (χ4n) is 2.24. The minimum absolute atomic E-state index is 0.138. The van der Waals surface area contributed by atoms with Crippen LogP contribution in [0.2, 0.25) is 0 Å². The average molecular weight is 312 g/mol. The average Bonchev–Trinajstić information content (AvgIpc) is 2.70. The number of β-amino-alcohol motifs (C(OH)–C–C–N with tert-alkyl or cyclic N) is 1. The maximum atomic E-state index is 12.5. The fourth-order valence-corrected chi connectivity index (χ4v) is 3.30. The van der Waals surface area contributed by atoms with Crippen LogP contribution in [0.3, 0.4) is 0 Å². The Morgan fingerprint density at radius 2 is 2.19 bits per heavy atom. The van der Waals surface area contributed by atoms with Crippen LogP contribution in [0, 0.1) is 5.92 Å². The van der Waals surface area contributed by atoms with E-state index in [9.17, 15) is 9.90 Å². The molecule has 2 atom stereocenters. The van der Waals surface area contributed by atoms with Crippen molar-refractivity contribution in [3.05, 3.63) is 4.88 Å². The predicted molar refractivity (Wildman–Crippen MR) is 85.6 cm³/mol. The number of rotatable bonds is 2. The molecular weight excluding hydrogens is 288 g/mol. The van der Waals surface area contributed by atoms with E-state index >= 15 is 0 Å². The van der Waals surface area contributed by atoms with Gasteiger partial charge in [0.1, 0.15) is 10.7 Å². The second-order valence-corrected chi connectivity index (χ2v) is 7.69. The van der Waals surface area contributed by atoms with Crippen molar-refractivity contribution < 1.29 is 9.90 Å². The summed E-state index contributed by atoms with van der Waals surface area (Å²) in [7, 11) is 0. The first-order valence-electron chi connectivity index (χ1n) is 7.19. The highest BCUT2D eigenvalue weighted by Gasteiger charge is 2.30. The molecule has 118 valence electrons. The number of amides is 1. The van der Waals surface area contributed by atoms with Crippen molar-refractivity contribution in [1.29, 1.82) is 0 Å². The van der Waals surface area contributed by atoms with Gasteiger partial charge >= 0.3 is 0 Å². The lowest BCUT2D eigenvalue weighted by atomic mass is 9.96. The van der Waals surface area contributed by atoms with Crippen LogP contribution in [0.5, 0.6) is 0 Å². The molecule has 0 radical (unpaired) electrons. The number of nitrogens with one attached hydrogen (secondary N) is 1. The third-order valence-electron chi connectivity index (χ3n) is 3.54. The second-order valence-electron chi connectivity index (χ2n) is 6.69. The predicted octanol–water partition coefficient (Wildman–Crippen LogP) is 1.78. The first-order valence-corrected chi connectivity index (χ1v) is 8.01. The van der Waals surface area contributed by atoms with Gasteiger partial charge in [0.15, 0.2) is 5.13 Å². The van der Waals surface area contributed by atoms with Crippen molar-refractivity contribution in [2.75, 3.05) is 24.1 Å².